The molecule has 0 saturated heterocycles. The highest BCUT2D eigenvalue weighted by Gasteiger charge is 2.43. The average molecular weight is 326 g/mol. The van der Waals surface area contributed by atoms with Crippen molar-refractivity contribution in [3.05, 3.63) is 24.3 Å². The van der Waals surface area contributed by atoms with Crippen LogP contribution < -0.4 is 10.1 Å². The molecular formula is C16H18N6O2. The molecule has 124 valence electrons. The van der Waals surface area contributed by atoms with E-state index in [1.807, 2.05) is 18.2 Å². The minimum absolute atomic E-state index is 0.0824. The maximum absolute atomic E-state index is 12.2. The number of benzene rings is 1. The summed E-state index contributed by atoms with van der Waals surface area (Å²) in [5, 5.41) is 24.1. The molecule has 1 heterocycles. The SMILES string of the molecule is COc1cccc(-c2nnn(CC(=O)NC(C)(C#N)C3CC3)n2)c1. The van der Waals surface area contributed by atoms with E-state index < -0.39 is 5.54 Å². The van der Waals surface area contributed by atoms with Gasteiger partial charge in [0, 0.05) is 5.56 Å². The first-order valence-electron chi connectivity index (χ1n) is 7.68. The minimum atomic E-state index is -0.826. The number of carbonyl (C=O) groups excluding carboxylic acids is 1. The lowest BCUT2D eigenvalue weighted by molar-refractivity contribution is -0.123. The summed E-state index contributed by atoms with van der Waals surface area (Å²) in [6, 6.07) is 9.47. The fraction of sp³-hybridized carbons (Fsp3) is 0.438. The molecule has 1 aromatic carbocycles. The lowest BCUT2D eigenvalue weighted by Gasteiger charge is -2.22. The van der Waals surface area contributed by atoms with Gasteiger partial charge in [-0.15, -0.1) is 10.2 Å². The normalized spacial score (nSPS) is 16.0. The molecule has 8 nitrogen and oxygen atoms in total. The van der Waals surface area contributed by atoms with Crippen LogP contribution in [0.5, 0.6) is 5.75 Å². The molecule has 1 saturated carbocycles. The van der Waals surface area contributed by atoms with E-state index in [2.05, 4.69) is 26.8 Å². The quantitative estimate of drug-likeness (QED) is 0.854. The number of carbonyl (C=O) groups is 1. The zero-order chi connectivity index (χ0) is 17.2. The highest BCUT2D eigenvalue weighted by Crippen LogP contribution is 2.39. The maximum atomic E-state index is 12.2. The third kappa shape index (κ3) is 3.35. The van der Waals surface area contributed by atoms with Crippen molar-refractivity contribution in [3.63, 3.8) is 0 Å². The van der Waals surface area contributed by atoms with Gasteiger partial charge in [-0.3, -0.25) is 4.79 Å². The molecule has 1 aromatic heterocycles. The molecule has 1 atom stereocenters. The van der Waals surface area contributed by atoms with E-state index in [0.717, 1.165) is 18.4 Å². The molecule has 1 unspecified atom stereocenters. The average Bonchev–Trinajstić information content (AvgIpc) is 3.35. The fourth-order valence-corrected chi connectivity index (χ4v) is 2.53. The molecular weight excluding hydrogens is 308 g/mol. The van der Waals surface area contributed by atoms with Crippen LogP contribution in [0.4, 0.5) is 0 Å². The number of tetrazole rings is 1. The van der Waals surface area contributed by atoms with Gasteiger partial charge >= 0.3 is 0 Å². The second-order valence-corrected chi connectivity index (χ2v) is 6.01. The van der Waals surface area contributed by atoms with Crippen LogP contribution >= 0.6 is 0 Å². The molecule has 3 rings (SSSR count). The van der Waals surface area contributed by atoms with Crippen molar-refractivity contribution in [3.8, 4) is 23.2 Å². The van der Waals surface area contributed by atoms with Gasteiger partial charge in [0.15, 0.2) is 0 Å². The van der Waals surface area contributed by atoms with E-state index in [9.17, 15) is 10.1 Å². The number of amides is 1. The fourth-order valence-electron chi connectivity index (χ4n) is 2.53. The van der Waals surface area contributed by atoms with Gasteiger partial charge in [-0.25, -0.2) is 0 Å². The Labute approximate surface area is 139 Å². The summed E-state index contributed by atoms with van der Waals surface area (Å²) in [6.45, 7) is 1.67. The number of methoxy groups -OCH3 is 1. The second-order valence-electron chi connectivity index (χ2n) is 6.01. The van der Waals surface area contributed by atoms with Crippen molar-refractivity contribution in [1.82, 2.24) is 25.5 Å². The number of nitrogens with zero attached hydrogens (tertiary/aromatic N) is 5. The van der Waals surface area contributed by atoms with E-state index >= 15 is 0 Å². The standard InChI is InChI=1S/C16H18N6O2/c1-16(10-17,12-6-7-12)18-14(23)9-22-20-15(19-21-22)11-4-3-5-13(8-11)24-2/h3-5,8,12H,6-7,9H2,1-2H3,(H,18,23). The van der Waals surface area contributed by atoms with Gasteiger partial charge in [0.05, 0.1) is 13.2 Å². The molecule has 0 aliphatic heterocycles. The van der Waals surface area contributed by atoms with E-state index in [1.165, 1.54) is 4.80 Å². The summed E-state index contributed by atoms with van der Waals surface area (Å²) >= 11 is 0. The molecule has 0 bridgehead atoms. The first-order valence-corrected chi connectivity index (χ1v) is 7.68. The smallest absolute Gasteiger partial charge is 0.244 e. The number of hydrogen-bond acceptors (Lipinski definition) is 6. The van der Waals surface area contributed by atoms with Crippen LogP contribution in [-0.2, 0) is 11.3 Å². The van der Waals surface area contributed by atoms with Gasteiger partial charge in [-0.05, 0) is 43.0 Å². The summed E-state index contributed by atoms with van der Waals surface area (Å²) in [7, 11) is 1.58. The number of ether oxygens (including phenoxy) is 1. The highest BCUT2D eigenvalue weighted by atomic mass is 16.5. The van der Waals surface area contributed by atoms with Crippen molar-refractivity contribution in [1.29, 1.82) is 5.26 Å². The number of hydrogen-bond donors (Lipinski definition) is 1. The topological polar surface area (TPSA) is 106 Å². The molecule has 2 aromatic rings. The maximum Gasteiger partial charge on any atom is 0.244 e. The monoisotopic (exact) mass is 326 g/mol. The highest BCUT2D eigenvalue weighted by molar-refractivity contribution is 5.77. The van der Waals surface area contributed by atoms with Gasteiger partial charge in [0.25, 0.3) is 0 Å². The zero-order valence-electron chi connectivity index (χ0n) is 13.6. The number of aromatic nitrogens is 4. The molecule has 0 spiro atoms. The summed E-state index contributed by atoms with van der Waals surface area (Å²) in [5.74, 6) is 1.02. The van der Waals surface area contributed by atoms with Crippen LogP contribution in [0.1, 0.15) is 19.8 Å². The Bertz CT molecular complexity index is 792. The number of nitrogens with one attached hydrogen (secondary N) is 1. The lowest BCUT2D eigenvalue weighted by Crippen LogP contribution is -2.48. The van der Waals surface area contributed by atoms with Crippen molar-refractivity contribution in [2.24, 2.45) is 5.92 Å². The van der Waals surface area contributed by atoms with Crippen molar-refractivity contribution < 1.29 is 9.53 Å². The van der Waals surface area contributed by atoms with E-state index in [0.29, 0.717) is 11.6 Å². The van der Waals surface area contributed by atoms with Crippen LogP contribution in [0.15, 0.2) is 24.3 Å². The first-order chi connectivity index (χ1) is 11.5. The van der Waals surface area contributed by atoms with Gasteiger partial charge in [0.2, 0.25) is 11.7 Å². The Morgan fingerprint density at radius 2 is 2.33 bits per heavy atom. The van der Waals surface area contributed by atoms with E-state index in [1.54, 1.807) is 20.1 Å². The first kappa shape index (κ1) is 15.9. The van der Waals surface area contributed by atoms with E-state index in [-0.39, 0.29) is 18.4 Å². The van der Waals surface area contributed by atoms with Crippen LogP contribution in [0, 0.1) is 17.2 Å². The van der Waals surface area contributed by atoms with Gasteiger partial charge in [-0.2, -0.15) is 10.1 Å². The Hall–Kier alpha value is -2.95. The summed E-state index contributed by atoms with van der Waals surface area (Å²) in [4.78, 5) is 13.4. The third-order valence-electron chi connectivity index (χ3n) is 4.09. The Balaban J connectivity index is 1.67. The predicted molar refractivity (Wildman–Crippen MR) is 84.7 cm³/mol. The molecule has 0 radical (unpaired) electrons. The van der Waals surface area contributed by atoms with Gasteiger partial charge in [-0.1, -0.05) is 12.1 Å². The van der Waals surface area contributed by atoms with Crippen molar-refractivity contribution >= 4 is 5.91 Å². The van der Waals surface area contributed by atoms with Crippen LogP contribution in [0.3, 0.4) is 0 Å². The summed E-state index contributed by atoms with van der Waals surface area (Å²) < 4.78 is 5.17. The summed E-state index contributed by atoms with van der Waals surface area (Å²) in [5.41, 5.74) is -0.0753. The largest absolute Gasteiger partial charge is 0.497 e. The predicted octanol–water partition coefficient (Wildman–Crippen LogP) is 1.16. The molecule has 1 amide bonds. The van der Waals surface area contributed by atoms with Crippen LogP contribution in [-0.4, -0.2) is 38.8 Å². The minimum Gasteiger partial charge on any atom is -0.497 e. The third-order valence-corrected chi connectivity index (χ3v) is 4.09. The number of nitriles is 1. The van der Waals surface area contributed by atoms with Crippen molar-refractivity contribution in [2.45, 2.75) is 31.8 Å². The number of rotatable bonds is 6. The molecule has 24 heavy (non-hydrogen) atoms. The zero-order valence-corrected chi connectivity index (χ0v) is 13.6. The van der Waals surface area contributed by atoms with Crippen molar-refractivity contribution in [2.75, 3.05) is 7.11 Å². The molecule has 1 fully saturated rings. The van der Waals surface area contributed by atoms with E-state index in [4.69, 9.17) is 4.74 Å². The second kappa shape index (κ2) is 6.28. The molecule has 1 N–H and O–H groups in total. The summed E-state index contributed by atoms with van der Waals surface area (Å²) in [6.07, 6.45) is 1.93. The van der Waals surface area contributed by atoms with Gasteiger partial charge < -0.3 is 10.1 Å². The Morgan fingerprint density at radius 1 is 1.54 bits per heavy atom. The van der Waals surface area contributed by atoms with Crippen LogP contribution in [0.2, 0.25) is 0 Å². The molecule has 8 heteroatoms. The lowest BCUT2D eigenvalue weighted by atomic mass is 9.98. The Kier molecular flexibility index (Phi) is 4.16. The van der Waals surface area contributed by atoms with Crippen LogP contribution in [0.25, 0.3) is 11.4 Å². The molecule has 1 aliphatic carbocycles. The molecule has 1 aliphatic rings. The van der Waals surface area contributed by atoms with Gasteiger partial charge in [0.1, 0.15) is 17.8 Å². The Morgan fingerprint density at radius 3 is 3.00 bits per heavy atom.